The minimum atomic E-state index is -4.82. The monoisotopic (exact) mass is 552 g/mol. The molecule has 13 heteroatoms. The maximum Gasteiger partial charge on any atom is 0.418 e. The first kappa shape index (κ1) is 27.3. The molecule has 0 aliphatic carbocycles. The fraction of sp³-hybridized carbons (Fsp3) is 0.320. The van der Waals surface area contributed by atoms with Crippen LogP contribution in [-0.4, -0.2) is 42.6 Å². The molecular weight excluding hydrogens is 528 g/mol. The molecule has 1 fully saturated rings. The van der Waals surface area contributed by atoms with Crippen LogP contribution in [0.2, 0.25) is 0 Å². The molecule has 4 rings (SSSR count). The van der Waals surface area contributed by atoms with Crippen LogP contribution in [0, 0.1) is 18.2 Å². The second-order valence-corrected chi connectivity index (χ2v) is 10.9. The molecule has 3 aromatic rings. The van der Waals surface area contributed by atoms with Crippen molar-refractivity contribution in [1.82, 2.24) is 9.97 Å². The average Bonchev–Trinajstić information content (AvgIpc) is 2.85. The molecule has 3 heterocycles. The minimum absolute atomic E-state index is 0.0691. The fourth-order valence-corrected chi connectivity index (χ4v) is 5.14. The van der Waals surface area contributed by atoms with Crippen LogP contribution in [0.1, 0.15) is 30.9 Å². The first-order chi connectivity index (χ1) is 17.7. The molecule has 0 amide bonds. The molecule has 202 valence electrons. The molecule has 0 unspecified atom stereocenters. The maximum atomic E-state index is 14.1. The lowest BCUT2D eigenvalue weighted by molar-refractivity contribution is -0.149. The number of piperidine rings is 1. The van der Waals surface area contributed by atoms with Crippen LogP contribution in [0.4, 0.5) is 29.2 Å². The molecule has 2 aromatic heterocycles. The van der Waals surface area contributed by atoms with Crippen molar-refractivity contribution >= 4 is 27.6 Å². The molecule has 38 heavy (non-hydrogen) atoms. The lowest BCUT2D eigenvalue weighted by Crippen LogP contribution is -2.43. The van der Waals surface area contributed by atoms with E-state index in [9.17, 15) is 35.9 Å². The predicted molar refractivity (Wildman–Crippen MR) is 132 cm³/mol. The number of aliphatic carboxylic acids is 1. The Kier molecular flexibility index (Phi) is 7.08. The number of alkyl halides is 3. The SMILES string of the molecule is Cc1c(F)cccc1-c1nc(NS(=O)(=O)c2cccc(N3CCC(C)(C(=O)O)CC3)n2)ccc1C(F)(F)F. The van der Waals surface area contributed by atoms with E-state index in [1.165, 1.54) is 31.2 Å². The van der Waals surface area contributed by atoms with Crippen molar-refractivity contribution in [2.24, 2.45) is 5.41 Å². The molecule has 1 aliphatic rings. The Labute approximate surface area is 216 Å². The van der Waals surface area contributed by atoms with E-state index in [4.69, 9.17) is 0 Å². The van der Waals surface area contributed by atoms with Gasteiger partial charge in [-0.05, 0) is 62.6 Å². The molecule has 2 N–H and O–H groups in total. The number of halogens is 4. The summed E-state index contributed by atoms with van der Waals surface area (Å²) in [6.07, 6.45) is -4.13. The number of sulfonamides is 1. The number of carbonyl (C=O) groups is 1. The molecule has 0 spiro atoms. The molecule has 0 atom stereocenters. The molecule has 8 nitrogen and oxygen atoms in total. The van der Waals surface area contributed by atoms with Crippen LogP contribution in [0.3, 0.4) is 0 Å². The van der Waals surface area contributed by atoms with Crippen molar-refractivity contribution in [3.63, 3.8) is 0 Å². The van der Waals surface area contributed by atoms with E-state index >= 15 is 0 Å². The van der Waals surface area contributed by atoms with Crippen molar-refractivity contribution in [1.29, 1.82) is 0 Å². The zero-order valence-corrected chi connectivity index (χ0v) is 21.2. The molecule has 0 radical (unpaired) electrons. The van der Waals surface area contributed by atoms with E-state index in [2.05, 4.69) is 14.7 Å². The van der Waals surface area contributed by atoms with Crippen LogP contribution in [-0.2, 0) is 21.0 Å². The highest BCUT2D eigenvalue weighted by Gasteiger charge is 2.38. The summed E-state index contributed by atoms with van der Waals surface area (Å²) in [5.41, 5.74) is -2.84. The number of carboxylic acid groups (broad SMARTS) is 1. The van der Waals surface area contributed by atoms with Crippen LogP contribution in [0.25, 0.3) is 11.3 Å². The molecule has 1 saturated heterocycles. The van der Waals surface area contributed by atoms with Gasteiger partial charge < -0.3 is 10.0 Å². The predicted octanol–water partition coefficient (Wildman–Crippen LogP) is 5.10. The number of benzene rings is 1. The van der Waals surface area contributed by atoms with Gasteiger partial charge in [0.1, 0.15) is 17.5 Å². The van der Waals surface area contributed by atoms with Gasteiger partial charge in [-0.1, -0.05) is 18.2 Å². The van der Waals surface area contributed by atoms with E-state index in [1.54, 1.807) is 17.9 Å². The van der Waals surface area contributed by atoms with Crippen molar-refractivity contribution in [3.8, 4) is 11.3 Å². The molecule has 1 aromatic carbocycles. The van der Waals surface area contributed by atoms with E-state index in [0.717, 1.165) is 12.1 Å². The maximum absolute atomic E-state index is 14.1. The third-order valence-corrected chi connectivity index (χ3v) is 7.91. The zero-order chi connectivity index (χ0) is 27.9. The molecule has 1 aliphatic heterocycles. The first-order valence-corrected chi connectivity index (χ1v) is 13.0. The summed E-state index contributed by atoms with van der Waals surface area (Å²) in [5.74, 6) is -1.72. The Morgan fingerprint density at radius 1 is 1.05 bits per heavy atom. The summed E-state index contributed by atoms with van der Waals surface area (Å²) in [7, 11) is -4.38. The quantitative estimate of drug-likeness (QED) is 0.409. The van der Waals surface area contributed by atoms with Gasteiger partial charge in [-0.2, -0.15) is 21.6 Å². The smallest absolute Gasteiger partial charge is 0.418 e. The standard InChI is InChI=1S/C25H24F4N4O4S/c1-15-16(5-3-6-18(15)26)22-17(25(27,28)29)9-10-19(30-22)32-38(36,37)21-8-4-7-20(31-21)33-13-11-24(2,12-14-33)23(34)35/h3-10H,11-14H2,1-2H3,(H,30,32)(H,34,35). The van der Waals surface area contributed by atoms with Crippen molar-refractivity contribution in [2.75, 3.05) is 22.7 Å². The highest BCUT2D eigenvalue weighted by atomic mass is 32.2. The third-order valence-electron chi connectivity index (χ3n) is 6.65. The summed E-state index contributed by atoms with van der Waals surface area (Å²) in [6.45, 7) is 3.66. The van der Waals surface area contributed by atoms with Gasteiger partial charge in [0.25, 0.3) is 10.0 Å². The fourth-order valence-electron chi connectivity index (χ4n) is 4.18. The summed E-state index contributed by atoms with van der Waals surface area (Å²) < 4.78 is 83.5. The Hall–Kier alpha value is -3.74. The largest absolute Gasteiger partial charge is 0.481 e. The number of hydrogen-bond donors (Lipinski definition) is 2. The number of anilines is 2. The van der Waals surface area contributed by atoms with E-state index in [1.807, 2.05) is 0 Å². The second kappa shape index (κ2) is 9.86. The Bertz CT molecular complexity index is 1490. The average molecular weight is 553 g/mol. The van der Waals surface area contributed by atoms with E-state index in [-0.39, 0.29) is 11.1 Å². The molecular formula is C25H24F4N4O4S. The number of nitrogens with zero attached hydrogens (tertiary/aromatic N) is 3. The Morgan fingerprint density at radius 2 is 1.71 bits per heavy atom. The lowest BCUT2D eigenvalue weighted by atomic mass is 9.80. The summed E-state index contributed by atoms with van der Waals surface area (Å²) in [6, 6.07) is 9.44. The lowest BCUT2D eigenvalue weighted by Gasteiger charge is -2.37. The summed E-state index contributed by atoms with van der Waals surface area (Å²) in [5, 5.41) is 9.02. The van der Waals surface area contributed by atoms with Crippen LogP contribution in [0.15, 0.2) is 53.6 Å². The first-order valence-electron chi connectivity index (χ1n) is 11.5. The normalized spacial score (nSPS) is 15.8. The van der Waals surface area contributed by atoms with Gasteiger partial charge in [-0.15, -0.1) is 0 Å². The summed E-state index contributed by atoms with van der Waals surface area (Å²) in [4.78, 5) is 21.4. The zero-order valence-electron chi connectivity index (χ0n) is 20.4. The number of carboxylic acids is 1. The van der Waals surface area contributed by atoms with Gasteiger partial charge >= 0.3 is 12.1 Å². The molecule has 0 bridgehead atoms. The number of hydrogen-bond acceptors (Lipinski definition) is 6. The van der Waals surface area contributed by atoms with Crippen LogP contribution < -0.4 is 9.62 Å². The van der Waals surface area contributed by atoms with Gasteiger partial charge in [-0.3, -0.25) is 9.52 Å². The van der Waals surface area contributed by atoms with Crippen molar-refractivity contribution in [3.05, 3.63) is 65.5 Å². The highest BCUT2D eigenvalue weighted by Crippen LogP contribution is 2.38. The van der Waals surface area contributed by atoms with Gasteiger partial charge in [0.15, 0.2) is 5.03 Å². The van der Waals surface area contributed by atoms with Gasteiger partial charge in [-0.25, -0.2) is 14.4 Å². The van der Waals surface area contributed by atoms with Crippen LogP contribution >= 0.6 is 0 Å². The Morgan fingerprint density at radius 3 is 2.34 bits per heavy atom. The third kappa shape index (κ3) is 5.42. The topological polar surface area (TPSA) is 112 Å². The van der Waals surface area contributed by atoms with Crippen molar-refractivity contribution < 1.29 is 35.9 Å². The van der Waals surface area contributed by atoms with E-state index in [0.29, 0.717) is 37.8 Å². The van der Waals surface area contributed by atoms with E-state index < -0.39 is 55.5 Å². The van der Waals surface area contributed by atoms with Gasteiger partial charge in [0.2, 0.25) is 0 Å². The Balaban J connectivity index is 1.64. The van der Waals surface area contributed by atoms with Gasteiger partial charge in [0, 0.05) is 18.7 Å². The minimum Gasteiger partial charge on any atom is -0.481 e. The van der Waals surface area contributed by atoms with Crippen molar-refractivity contribution in [2.45, 2.75) is 37.9 Å². The second-order valence-electron chi connectivity index (χ2n) is 9.30. The number of pyridine rings is 2. The van der Waals surface area contributed by atoms with Gasteiger partial charge in [0.05, 0.1) is 16.7 Å². The molecule has 0 saturated carbocycles. The number of aromatic nitrogens is 2. The highest BCUT2D eigenvalue weighted by molar-refractivity contribution is 7.92. The van der Waals surface area contributed by atoms with Crippen LogP contribution in [0.5, 0.6) is 0 Å². The number of rotatable bonds is 6. The number of nitrogens with one attached hydrogen (secondary N) is 1. The summed E-state index contributed by atoms with van der Waals surface area (Å²) >= 11 is 0.